The maximum atomic E-state index is 13.5. The molecule has 1 saturated heterocycles. The topological polar surface area (TPSA) is 79.5 Å². The second-order valence-electron chi connectivity index (χ2n) is 6.99. The largest absolute Gasteiger partial charge is 0.466 e. The first kappa shape index (κ1) is 20.7. The van der Waals surface area contributed by atoms with Crippen LogP contribution in [-0.4, -0.2) is 36.4 Å². The number of methoxy groups -OCH3 is 1. The van der Waals surface area contributed by atoms with E-state index in [0.29, 0.717) is 16.8 Å². The summed E-state index contributed by atoms with van der Waals surface area (Å²) in [5.41, 5.74) is 1.55. The summed E-state index contributed by atoms with van der Waals surface area (Å²) in [6, 6.07) is 5.92. The summed E-state index contributed by atoms with van der Waals surface area (Å²) < 4.78 is 18.4. The number of hydrogen-bond acceptors (Lipinski definition) is 6. The number of hydrogen-bond donors (Lipinski definition) is 3. The Morgan fingerprint density at radius 3 is 2.61 bits per heavy atom. The molecule has 0 aromatic heterocycles. The highest BCUT2D eigenvalue weighted by atomic mass is 32.2. The molecule has 1 aromatic carbocycles. The van der Waals surface area contributed by atoms with Gasteiger partial charge >= 0.3 is 5.97 Å². The van der Waals surface area contributed by atoms with Crippen molar-refractivity contribution in [2.75, 3.05) is 12.9 Å². The van der Waals surface area contributed by atoms with Gasteiger partial charge in [-0.25, -0.2) is 9.18 Å². The second kappa shape index (κ2) is 8.96. The molecule has 8 heteroatoms. The van der Waals surface area contributed by atoms with Crippen molar-refractivity contribution < 1.29 is 18.7 Å². The van der Waals surface area contributed by atoms with Crippen LogP contribution in [0, 0.1) is 11.7 Å². The Balaban J connectivity index is 1.95. The van der Waals surface area contributed by atoms with Crippen LogP contribution in [-0.2, 0) is 14.3 Å². The molecule has 0 saturated carbocycles. The summed E-state index contributed by atoms with van der Waals surface area (Å²) in [5.74, 6) is -1.17. The van der Waals surface area contributed by atoms with E-state index in [9.17, 15) is 14.0 Å². The summed E-state index contributed by atoms with van der Waals surface area (Å²) in [5, 5.41) is 9.69. The first-order valence-electron chi connectivity index (χ1n) is 9.45. The number of fused-ring (bicyclic) bond motifs is 1. The SMILES string of the molecule is CCCCSC1NC(=O)C2C(NC(C)=C(C(=O)OC)C2c2ccc(F)cc2)N1. The van der Waals surface area contributed by atoms with E-state index in [1.165, 1.54) is 19.2 Å². The van der Waals surface area contributed by atoms with Crippen LogP contribution in [0.25, 0.3) is 0 Å². The number of rotatable bonds is 6. The third-order valence-electron chi connectivity index (χ3n) is 5.13. The number of esters is 1. The predicted octanol–water partition coefficient (Wildman–Crippen LogP) is 2.44. The maximum Gasteiger partial charge on any atom is 0.336 e. The van der Waals surface area contributed by atoms with Crippen molar-refractivity contribution in [2.24, 2.45) is 5.92 Å². The molecule has 1 aromatic rings. The summed E-state index contributed by atoms with van der Waals surface area (Å²) in [7, 11) is 1.32. The molecule has 0 radical (unpaired) electrons. The molecule has 2 heterocycles. The van der Waals surface area contributed by atoms with Gasteiger partial charge in [-0.3, -0.25) is 10.1 Å². The molecule has 0 aliphatic carbocycles. The van der Waals surface area contributed by atoms with Gasteiger partial charge in [0.05, 0.1) is 24.8 Å². The fraction of sp³-hybridized carbons (Fsp3) is 0.500. The molecule has 0 bridgehead atoms. The third-order valence-corrected chi connectivity index (χ3v) is 6.24. The first-order valence-corrected chi connectivity index (χ1v) is 10.5. The van der Waals surface area contributed by atoms with Crippen LogP contribution >= 0.6 is 11.8 Å². The molecular formula is C20H26FN3O3S. The molecular weight excluding hydrogens is 381 g/mol. The van der Waals surface area contributed by atoms with Crippen molar-refractivity contribution in [3.05, 3.63) is 46.9 Å². The van der Waals surface area contributed by atoms with Gasteiger partial charge in [-0.15, -0.1) is 11.8 Å². The highest BCUT2D eigenvalue weighted by Gasteiger charge is 2.48. The first-order chi connectivity index (χ1) is 13.5. The van der Waals surface area contributed by atoms with Gasteiger partial charge < -0.3 is 15.4 Å². The van der Waals surface area contributed by atoms with Crippen molar-refractivity contribution >= 4 is 23.6 Å². The lowest BCUT2D eigenvalue weighted by molar-refractivity contribution is -0.137. The molecule has 6 nitrogen and oxygen atoms in total. The Morgan fingerprint density at radius 1 is 1.25 bits per heavy atom. The standard InChI is InChI=1S/C20H26FN3O3S/c1-4-5-10-28-20-23-17-16(18(25)24-20)15(12-6-8-13(21)9-7-12)14(11(2)22-17)19(26)27-3/h6-9,15-17,20,22-23H,4-5,10H2,1-3H3,(H,24,25). The Hall–Kier alpha value is -2.06. The van der Waals surface area contributed by atoms with Gasteiger partial charge in [0.1, 0.15) is 11.3 Å². The lowest BCUT2D eigenvalue weighted by atomic mass is 9.74. The third kappa shape index (κ3) is 4.17. The Bertz CT molecular complexity index is 768. The molecule has 3 N–H and O–H groups in total. The summed E-state index contributed by atoms with van der Waals surface area (Å²) in [6.07, 6.45) is 1.83. The van der Waals surface area contributed by atoms with Crippen LogP contribution in [0.4, 0.5) is 4.39 Å². The zero-order valence-electron chi connectivity index (χ0n) is 16.3. The van der Waals surface area contributed by atoms with Crippen LogP contribution in [0.15, 0.2) is 35.5 Å². The normalized spacial score (nSPS) is 26.9. The van der Waals surface area contributed by atoms with Crippen molar-refractivity contribution in [3.63, 3.8) is 0 Å². The predicted molar refractivity (Wildman–Crippen MR) is 107 cm³/mol. The second-order valence-corrected chi connectivity index (χ2v) is 8.20. The molecule has 0 spiro atoms. The number of ether oxygens (including phenoxy) is 1. The fourth-order valence-electron chi connectivity index (χ4n) is 3.75. The van der Waals surface area contributed by atoms with E-state index in [1.807, 2.05) is 0 Å². The number of benzene rings is 1. The van der Waals surface area contributed by atoms with Crippen molar-refractivity contribution in [2.45, 2.75) is 44.3 Å². The number of thioether (sulfide) groups is 1. The molecule has 4 atom stereocenters. The van der Waals surface area contributed by atoms with Gasteiger partial charge in [-0.05, 0) is 36.8 Å². The van der Waals surface area contributed by atoms with Crippen LogP contribution in [0.2, 0.25) is 0 Å². The van der Waals surface area contributed by atoms with Crippen LogP contribution in [0.1, 0.15) is 38.2 Å². The minimum Gasteiger partial charge on any atom is -0.466 e. The van der Waals surface area contributed by atoms with Gasteiger partial charge in [0.25, 0.3) is 0 Å². The van der Waals surface area contributed by atoms with Gasteiger partial charge in [-0.1, -0.05) is 25.5 Å². The number of amides is 1. The molecule has 3 rings (SSSR count). The van der Waals surface area contributed by atoms with E-state index >= 15 is 0 Å². The summed E-state index contributed by atoms with van der Waals surface area (Å²) in [4.78, 5) is 25.5. The molecule has 28 heavy (non-hydrogen) atoms. The summed E-state index contributed by atoms with van der Waals surface area (Å²) in [6.45, 7) is 3.92. The number of unbranched alkanes of at least 4 members (excludes halogenated alkanes) is 1. The average Bonchev–Trinajstić information content (AvgIpc) is 2.67. The van der Waals surface area contributed by atoms with Gasteiger partial charge in [0.2, 0.25) is 5.91 Å². The summed E-state index contributed by atoms with van der Waals surface area (Å²) >= 11 is 1.65. The smallest absolute Gasteiger partial charge is 0.336 e. The Kier molecular flexibility index (Phi) is 6.61. The highest BCUT2D eigenvalue weighted by Crippen LogP contribution is 2.40. The Labute approximate surface area is 168 Å². The van der Waals surface area contributed by atoms with Gasteiger partial charge in [0, 0.05) is 11.6 Å². The van der Waals surface area contributed by atoms with E-state index in [0.717, 1.165) is 18.6 Å². The number of carbonyl (C=O) groups is 2. The van der Waals surface area contributed by atoms with Gasteiger partial charge in [0.15, 0.2) is 0 Å². The van der Waals surface area contributed by atoms with E-state index < -0.39 is 17.8 Å². The van der Waals surface area contributed by atoms with E-state index in [1.54, 1.807) is 30.8 Å². The van der Waals surface area contributed by atoms with Crippen LogP contribution in [0.3, 0.4) is 0 Å². The minimum atomic E-state index is -0.564. The molecule has 2 aliphatic heterocycles. The minimum absolute atomic E-state index is 0.145. The monoisotopic (exact) mass is 407 g/mol. The lowest BCUT2D eigenvalue weighted by Crippen LogP contribution is -2.67. The highest BCUT2D eigenvalue weighted by molar-refractivity contribution is 7.99. The average molecular weight is 408 g/mol. The van der Waals surface area contributed by atoms with Crippen LogP contribution < -0.4 is 16.0 Å². The Morgan fingerprint density at radius 2 is 1.96 bits per heavy atom. The van der Waals surface area contributed by atoms with E-state index in [4.69, 9.17) is 4.74 Å². The van der Waals surface area contributed by atoms with Crippen LogP contribution in [0.5, 0.6) is 0 Å². The molecule has 2 aliphatic rings. The van der Waals surface area contributed by atoms with Gasteiger partial charge in [-0.2, -0.15) is 0 Å². The molecule has 1 fully saturated rings. The zero-order chi connectivity index (χ0) is 20.3. The number of allylic oxidation sites excluding steroid dienone is 1. The number of carbonyl (C=O) groups excluding carboxylic acids is 2. The molecule has 152 valence electrons. The maximum absolute atomic E-state index is 13.5. The van der Waals surface area contributed by atoms with Crippen molar-refractivity contribution in [1.29, 1.82) is 0 Å². The molecule has 1 amide bonds. The van der Waals surface area contributed by atoms with E-state index in [-0.39, 0.29) is 23.4 Å². The van der Waals surface area contributed by atoms with E-state index in [2.05, 4.69) is 22.9 Å². The number of halogens is 1. The van der Waals surface area contributed by atoms with Crippen molar-refractivity contribution in [1.82, 2.24) is 16.0 Å². The molecule has 4 unspecified atom stereocenters. The lowest BCUT2D eigenvalue weighted by Gasteiger charge is -2.45. The fourth-order valence-corrected chi connectivity index (χ4v) is 4.89. The quantitative estimate of drug-likeness (QED) is 0.497. The number of nitrogens with one attached hydrogen (secondary N) is 3. The van der Waals surface area contributed by atoms with Crippen molar-refractivity contribution in [3.8, 4) is 0 Å². The zero-order valence-corrected chi connectivity index (χ0v) is 17.1.